The second kappa shape index (κ2) is 12.8. The Balaban J connectivity index is 0.00000481. The average molecular weight is 547 g/mol. The third-order valence-electron chi connectivity index (χ3n) is 5.51. The van der Waals surface area contributed by atoms with Crippen molar-refractivity contribution in [3.05, 3.63) is 101 Å². The summed E-state index contributed by atoms with van der Waals surface area (Å²) < 4.78 is 81.0. The summed E-state index contributed by atoms with van der Waals surface area (Å²) in [6, 6.07) is 17.4. The number of carbonyl (C=O) groups excluding carboxylic acids is 1. The van der Waals surface area contributed by atoms with Gasteiger partial charge in [0.1, 0.15) is 11.8 Å². The van der Waals surface area contributed by atoms with Gasteiger partial charge in [0, 0.05) is 13.1 Å². The summed E-state index contributed by atoms with van der Waals surface area (Å²) in [6.07, 6.45) is -8.76. The zero-order valence-corrected chi connectivity index (χ0v) is 20.4. The summed E-state index contributed by atoms with van der Waals surface area (Å²) in [5.41, 5.74) is 0.892. The predicted molar refractivity (Wildman–Crippen MR) is 129 cm³/mol. The van der Waals surface area contributed by atoms with Gasteiger partial charge in [0.25, 0.3) is 0 Å². The molecule has 0 radical (unpaired) electrons. The molecule has 0 saturated heterocycles. The zero-order chi connectivity index (χ0) is 26.3. The Kier molecular flexibility index (Phi) is 10.4. The highest BCUT2D eigenvalue weighted by Crippen LogP contribution is 2.31. The second-order valence-electron chi connectivity index (χ2n) is 8.03. The summed E-state index contributed by atoms with van der Waals surface area (Å²) in [5.74, 6) is -0.777. The van der Waals surface area contributed by atoms with E-state index in [1.54, 1.807) is 36.4 Å². The molecule has 0 bridgehead atoms. The van der Waals surface area contributed by atoms with Gasteiger partial charge >= 0.3 is 12.5 Å². The predicted octanol–water partition coefficient (Wildman–Crippen LogP) is 6.78. The number of ether oxygens (including phenoxy) is 1. The first-order valence-electron chi connectivity index (χ1n) is 11.0. The van der Waals surface area contributed by atoms with E-state index in [-0.39, 0.29) is 24.7 Å². The number of likely N-dealkylation sites (N-methyl/N-ethyl adjacent to an activating group) is 1. The Morgan fingerprint density at radius 1 is 0.865 bits per heavy atom. The normalized spacial score (nSPS) is 13.3. The van der Waals surface area contributed by atoms with E-state index in [1.807, 2.05) is 0 Å². The highest BCUT2D eigenvalue weighted by atomic mass is 35.5. The highest BCUT2D eigenvalue weighted by Gasteiger charge is 2.32. The van der Waals surface area contributed by atoms with Crippen LogP contribution in [-0.4, -0.2) is 19.3 Å². The first-order valence-corrected chi connectivity index (χ1v) is 11.0. The summed E-state index contributed by atoms with van der Waals surface area (Å²) in [7, 11) is 1.47. The minimum Gasteiger partial charge on any atom is -0.406 e. The number of aryl methyl sites for hydroxylation is 1. The van der Waals surface area contributed by atoms with E-state index >= 15 is 0 Å². The number of hydrogen-bond acceptors (Lipinski definition) is 3. The SMILES string of the molecule is CNC(=O)[C@H](N[C@@H](CCc1ccc(C(F)(F)F)cc1)c1cccc(OC(F)(F)F)c1)c1ccccc1.Cl. The lowest BCUT2D eigenvalue weighted by molar-refractivity contribution is -0.274. The molecule has 0 aliphatic rings. The van der Waals surface area contributed by atoms with Crippen LogP contribution in [0.15, 0.2) is 78.9 Å². The zero-order valence-electron chi connectivity index (χ0n) is 19.6. The van der Waals surface area contributed by atoms with E-state index in [1.165, 1.54) is 31.3 Å². The third-order valence-corrected chi connectivity index (χ3v) is 5.51. The van der Waals surface area contributed by atoms with Crippen LogP contribution in [0.1, 0.15) is 40.8 Å². The molecule has 0 unspecified atom stereocenters. The second-order valence-corrected chi connectivity index (χ2v) is 8.03. The van der Waals surface area contributed by atoms with E-state index < -0.39 is 35.9 Å². The number of carbonyl (C=O) groups is 1. The summed E-state index contributed by atoms with van der Waals surface area (Å²) in [6.45, 7) is 0. The van der Waals surface area contributed by atoms with Crippen molar-refractivity contribution in [3.8, 4) is 5.75 Å². The number of amides is 1. The van der Waals surface area contributed by atoms with E-state index in [4.69, 9.17) is 0 Å². The van der Waals surface area contributed by atoms with Crippen molar-refractivity contribution >= 4 is 18.3 Å². The third kappa shape index (κ3) is 8.98. The first kappa shape index (κ1) is 30.0. The van der Waals surface area contributed by atoms with Crippen molar-refractivity contribution in [2.45, 2.75) is 37.5 Å². The van der Waals surface area contributed by atoms with Crippen LogP contribution in [0, 0.1) is 0 Å². The molecular formula is C26H25ClF6N2O2. The number of benzene rings is 3. The molecule has 0 spiro atoms. The van der Waals surface area contributed by atoms with Crippen molar-refractivity contribution in [1.29, 1.82) is 0 Å². The fraction of sp³-hybridized carbons (Fsp3) is 0.269. The van der Waals surface area contributed by atoms with Crippen molar-refractivity contribution in [1.82, 2.24) is 10.6 Å². The van der Waals surface area contributed by atoms with Crippen LogP contribution >= 0.6 is 12.4 Å². The van der Waals surface area contributed by atoms with Gasteiger partial charge in [-0.05, 0) is 53.8 Å². The molecule has 11 heteroatoms. The number of nitrogens with one attached hydrogen (secondary N) is 2. The summed E-state index contributed by atoms with van der Waals surface area (Å²) in [4.78, 5) is 12.7. The molecule has 2 N–H and O–H groups in total. The number of halogens is 7. The maximum absolute atomic E-state index is 12.9. The molecule has 3 aromatic rings. The standard InChI is InChI=1S/C26H24F6N2O2.ClH/c1-33-24(35)23(18-6-3-2-4-7-18)34-22(19-8-5-9-21(16-19)36-26(30,31)32)15-12-17-10-13-20(14-11-17)25(27,28)29;/h2-11,13-14,16,22-23,34H,12,15H2,1H3,(H,33,35);1H/t22-,23+;/m0./s1. The van der Waals surface area contributed by atoms with Gasteiger partial charge in [0.15, 0.2) is 0 Å². The van der Waals surface area contributed by atoms with Crippen LogP contribution in [0.4, 0.5) is 26.3 Å². The number of hydrogen-bond donors (Lipinski definition) is 2. The lowest BCUT2D eigenvalue weighted by Gasteiger charge is -2.26. The quantitative estimate of drug-likeness (QED) is 0.291. The molecule has 2 atom stereocenters. The van der Waals surface area contributed by atoms with Crippen molar-refractivity contribution in [2.24, 2.45) is 0 Å². The summed E-state index contributed by atoms with van der Waals surface area (Å²) in [5, 5.41) is 5.78. The van der Waals surface area contributed by atoms with E-state index in [2.05, 4.69) is 15.4 Å². The highest BCUT2D eigenvalue weighted by molar-refractivity contribution is 5.85. The molecule has 3 aromatic carbocycles. The lowest BCUT2D eigenvalue weighted by atomic mass is 9.96. The van der Waals surface area contributed by atoms with Crippen LogP contribution < -0.4 is 15.4 Å². The van der Waals surface area contributed by atoms with E-state index in [0.717, 1.165) is 18.2 Å². The van der Waals surface area contributed by atoms with Crippen LogP contribution in [-0.2, 0) is 17.4 Å². The lowest BCUT2D eigenvalue weighted by Crippen LogP contribution is -2.38. The maximum atomic E-state index is 12.9. The van der Waals surface area contributed by atoms with E-state index in [0.29, 0.717) is 23.1 Å². The molecule has 4 nitrogen and oxygen atoms in total. The molecule has 0 heterocycles. The van der Waals surface area contributed by atoms with Gasteiger partial charge in [0.05, 0.1) is 5.56 Å². The molecule has 0 aliphatic heterocycles. The van der Waals surface area contributed by atoms with Gasteiger partial charge in [0.2, 0.25) is 5.91 Å². The topological polar surface area (TPSA) is 50.4 Å². The van der Waals surface area contributed by atoms with Crippen LogP contribution in [0.25, 0.3) is 0 Å². The molecule has 0 fully saturated rings. The Hall–Kier alpha value is -3.24. The van der Waals surface area contributed by atoms with Gasteiger partial charge < -0.3 is 10.1 Å². The van der Waals surface area contributed by atoms with Gasteiger partial charge in [-0.3, -0.25) is 10.1 Å². The fourth-order valence-corrected chi connectivity index (χ4v) is 3.76. The summed E-state index contributed by atoms with van der Waals surface area (Å²) >= 11 is 0. The number of alkyl halides is 6. The minimum atomic E-state index is -4.88. The number of rotatable bonds is 9. The molecule has 37 heavy (non-hydrogen) atoms. The van der Waals surface area contributed by atoms with Gasteiger partial charge in [-0.25, -0.2) is 0 Å². The van der Waals surface area contributed by atoms with Crippen LogP contribution in [0.3, 0.4) is 0 Å². The smallest absolute Gasteiger partial charge is 0.406 e. The van der Waals surface area contributed by atoms with E-state index in [9.17, 15) is 31.1 Å². The molecule has 200 valence electrons. The molecule has 3 rings (SSSR count). The Bertz CT molecular complexity index is 1140. The van der Waals surface area contributed by atoms with Crippen molar-refractivity contribution in [2.75, 3.05) is 7.05 Å². The monoisotopic (exact) mass is 546 g/mol. The fourth-order valence-electron chi connectivity index (χ4n) is 3.76. The Morgan fingerprint density at radius 3 is 2.05 bits per heavy atom. The van der Waals surface area contributed by atoms with Crippen molar-refractivity contribution in [3.63, 3.8) is 0 Å². The molecule has 0 aromatic heterocycles. The Morgan fingerprint density at radius 2 is 1.49 bits per heavy atom. The minimum absolute atomic E-state index is 0. The Labute approximate surface area is 216 Å². The maximum Gasteiger partial charge on any atom is 0.573 e. The van der Waals surface area contributed by atoms with Crippen molar-refractivity contribution < 1.29 is 35.9 Å². The van der Waals surface area contributed by atoms with Gasteiger partial charge in [-0.15, -0.1) is 25.6 Å². The molecular weight excluding hydrogens is 522 g/mol. The first-order chi connectivity index (χ1) is 17.0. The molecule has 0 saturated carbocycles. The van der Waals surface area contributed by atoms with Gasteiger partial charge in [-0.1, -0.05) is 54.6 Å². The van der Waals surface area contributed by atoms with Crippen LogP contribution in [0.5, 0.6) is 5.75 Å². The van der Waals surface area contributed by atoms with Crippen LogP contribution in [0.2, 0.25) is 0 Å². The van der Waals surface area contributed by atoms with Gasteiger partial charge in [-0.2, -0.15) is 13.2 Å². The largest absolute Gasteiger partial charge is 0.573 e. The molecule has 0 aliphatic carbocycles. The average Bonchev–Trinajstić information content (AvgIpc) is 2.83. The molecule has 1 amide bonds.